The topological polar surface area (TPSA) is 55.4 Å². The second-order valence-corrected chi connectivity index (χ2v) is 7.60. The van der Waals surface area contributed by atoms with Gasteiger partial charge in [0.1, 0.15) is 4.90 Å². The first-order chi connectivity index (χ1) is 11.1. The molecule has 0 aromatic heterocycles. The molecule has 2 rings (SSSR count). The highest BCUT2D eigenvalue weighted by Crippen LogP contribution is 2.32. The SMILES string of the molecule is Cc1ccc(CNS(=O)(=O)c2ccc(Br)cc2OC(F)(F)F)cc1. The molecule has 2 aromatic rings. The van der Waals surface area contributed by atoms with Crippen molar-refractivity contribution in [2.24, 2.45) is 0 Å². The number of hydrogen-bond donors (Lipinski definition) is 1. The molecule has 0 heterocycles. The van der Waals surface area contributed by atoms with E-state index in [4.69, 9.17) is 0 Å². The molecule has 0 spiro atoms. The number of benzene rings is 2. The average Bonchev–Trinajstić information content (AvgIpc) is 2.45. The Bertz CT molecular complexity index is 821. The summed E-state index contributed by atoms with van der Waals surface area (Å²) in [5.74, 6) is -0.798. The molecule has 9 heteroatoms. The van der Waals surface area contributed by atoms with Crippen LogP contribution in [0.15, 0.2) is 51.8 Å². The van der Waals surface area contributed by atoms with Gasteiger partial charge in [0.15, 0.2) is 5.75 Å². The summed E-state index contributed by atoms with van der Waals surface area (Å²) < 4.78 is 68.4. The quantitative estimate of drug-likeness (QED) is 0.786. The molecule has 0 radical (unpaired) electrons. The molecular formula is C15H13BrF3NO3S. The van der Waals surface area contributed by atoms with E-state index in [2.05, 4.69) is 25.4 Å². The third-order valence-corrected chi connectivity index (χ3v) is 4.94. The fraction of sp³-hybridized carbons (Fsp3) is 0.200. The Kier molecular flexibility index (Phi) is 5.56. The van der Waals surface area contributed by atoms with Crippen LogP contribution in [0.5, 0.6) is 5.75 Å². The van der Waals surface area contributed by atoms with E-state index in [0.29, 0.717) is 5.56 Å². The minimum Gasteiger partial charge on any atom is -0.404 e. The summed E-state index contributed by atoms with van der Waals surface area (Å²) in [5.41, 5.74) is 1.69. The van der Waals surface area contributed by atoms with Gasteiger partial charge in [-0.25, -0.2) is 13.1 Å². The predicted molar refractivity (Wildman–Crippen MR) is 86.0 cm³/mol. The maximum atomic E-state index is 12.5. The Labute approximate surface area is 145 Å². The van der Waals surface area contributed by atoms with Crippen LogP contribution in [-0.4, -0.2) is 14.8 Å². The van der Waals surface area contributed by atoms with Crippen molar-refractivity contribution in [3.05, 3.63) is 58.1 Å². The van der Waals surface area contributed by atoms with Crippen molar-refractivity contribution in [3.8, 4) is 5.75 Å². The molecule has 0 aliphatic heterocycles. The van der Waals surface area contributed by atoms with Gasteiger partial charge in [-0.2, -0.15) is 0 Å². The van der Waals surface area contributed by atoms with Crippen molar-refractivity contribution in [1.82, 2.24) is 4.72 Å². The van der Waals surface area contributed by atoms with Crippen molar-refractivity contribution in [1.29, 1.82) is 0 Å². The second-order valence-electron chi connectivity index (χ2n) is 4.95. The zero-order valence-electron chi connectivity index (χ0n) is 12.4. The standard InChI is InChI=1S/C15H13BrF3NO3S/c1-10-2-4-11(5-3-10)9-20-24(21,22)14-7-6-12(16)8-13(14)23-15(17,18)19/h2-8,20H,9H2,1H3. The summed E-state index contributed by atoms with van der Waals surface area (Å²) in [4.78, 5) is -0.588. The minimum atomic E-state index is -5.00. The lowest BCUT2D eigenvalue weighted by molar-refractivity contribution is -0.275. The third-order valence-electron chi connectivity index (χ3n) is 3.01. The van der Waals surface area contributed by atoms with Crippen molar-refractivity contribution < 1.29 is 26.3 Å². The maximum Gasteiger partial charge on any atom is 0.573 e. The van der Waals surface area contributed by atoms with Gasteiger partial charge in [-0.1, -0.05) is 45.8 Å². The van der Waals surface area contributed by atoms with E-state index >= 15 is 0 Å². The minimum absolute atomic E-state index is 0.0515. The Hall–Kier alpha value is -1.58. The van der Waals surface area contributed by atoms with E-state index in [1.165, 1.54) is 6.07 Å². The summed E-state index contributed by atoms with van der Waals surface area (Å²) in [6.07, 6.45) is -5.00. The molecule has 0 saturated heterocycles. The molecule has 0 aliphatic carbocycles. The van der Waals surface area contributed by atoms with Gasteiger partial charge in [0, 0.05) is 11.0 Å². The summed E-state index contributed by atoms with van der Waals surface area (Å²) in [5, 5.41) is 0. The lowest BCUT2D eigenvalue weighted by Gasteiger charge is -2.14. The summed E-state index contributed by atoms with van der Waals surface area (Å²) in [6.45, 7) is 1.83. The average molecular weight is 424 g/mol. The van der Waals surface area contributed by atoms with Crippen LogP contribution in [0.4, 0.5) is 13.2 Å². The smallest absolute Gasteiger partial charge is 0.404 e. The van der Waals surface area contributed by atoms with E-state index in [1.54, 1.807) is 24.3 Å². The number of aryl methyl sites for hydroxylation is 1. The number of ether oxygens (including phenoxy) is 1. The van der Waals surface area contributed by atoms with Gasteiger partial charge in [-0.05, 0) is 30.7 Å². The molecular weight excluding hydrogens is 411 g/mol. The lowest BCUT2D eigenvalue weighted by atomic mass is 10.2. The summed E-state index contributed by atoms with van der Waals surface area (Å²) in [7, 11) is -4.18. The predicted octanol–water partition coefficient (Wildman–Crippen LogP) is 4.13. The van der Waals surface area contributed by atoms with Gasteiger partial charge >= 0.3 is 6.36 Å². The summed E-state index contributed by atoms with van der Waals surface area (Å²) >= 11 is 2.99. The van der Waals surface area contributed by atoms with Gasteiger partial charge in [0.25, 0.3) is 0 Å². The first-order valence-corrected chi connectivity index (χ1v) is 8.95. The highest BCUT2D eigenvalue weighted by molar-refractivity contribution is 9.10. The largest absolute Gasteiger partial charge is 0.573 e. The highest BCUT2D eigenvalue weighted by Gasteiger charge is 2.34. The van der Waals surface area contributed by atoms with Crippen LogP contribution in [0, 0.1) is 6.92 Å². The van der Waals surface area contributed by atoms with E-state index in [9.17, 15) is 21.6 Å². The van der Waals surface area contributed by atoms with Gasteiger partial charge in [-0.15, -0.1) is 13.2 Å². The Morgan fingerprint density at radius 1 is 1.12 bits per heavy atom. The molecule has 24 heavy (non-hydrogen) atoms. The molecule has 0 aliphatic rings. The molecule has 0 amide bonds. The van der Waals surface area contributed by atoms with Gasteiger partial charge in [0.05, 0.1) is 0 Å². The van der Waals surface area contributed by atoms with Crippen molar-refractivity contribution in [3.63, 3.8) is 0 Å². The number of rotatable bonds is 5. The Balaban J connectivity index is 2.26. The summed E-state index contributed by atoms with van der Waals surface area (Å²) in [6, 6.07) is 10.4. The first-order valence-electron chi connectivity index (χ1n) is 6.67. The third kappa shape index (κ3) is 5.22. The molecule has 2 aromatic carbocycles. The molecule has 130 valence electrons. The lowest BCUT2D eigenvalue weighted by Crippen LogP contribution is -2.25. The van der Waals surface area contributed by atoms with Crippen LogP contribution in [0.1, 0.15) is 11.1 Å². The molecule has 0 bridgehead atoms. The fourth-order valence-electron chi connectivity index (χ4n) is 1.87. The molecule has 1 N–H and O–H groups in total. The maximum absolute atomic E-state index is 12.5. The number of nitrogens with one attached hydrogen (secondary N) is 1. The van der Waals surface area contributed by atoms with Crippen molar-refractivity contribution in [2.75, 3.05) is 0 Å². The van der Waals surface area contributed by atoms with E-state index < -0.39 is 27.0 Å². The fourth-order valence-corrected chi connectivity index (χ4v) is 3.34. The Morgan fingerprint density at radius 2 is 1.75 bits per heavy atom. The normalized spacial score (nSPS) is 12.2. The van der Waals surface area contributed by atoms with Crippen molar-refractivity contribution >= 4 is 26.0 Å². The van der Waals surface area contributed by atoms with Gasteiger partial charge < -0.3 is 4.74 Å². The first kappa shape index (κ1) is 18.8. The van der Waals surface area contributed by atoms with E-state index in [1.807, 2.05) is 6.92 Å². The molecule has 0 unspecified atom stereocenters. The zero-order chi connectivity index (χ0) is 18.0. The second kappa shape index (κ2) is 7.12. The van der Waals surface area contributed by atoms with E-state index in [-0.39, 0.29) is 11.0 Å². The molecule has 0 fully saturated rings. The number of halogens is 4. The Morgan fingerprint density at radius 3 is 2.33 bits per heavy atom. The van der Waals surface area contributed by atoms with E-state index in [0.717, 1.165) is 17.7 Å². The highest BCUT2D eigenvalue weighted by atomic mass is 79.9. The zero-order valence-corrected chi connectivity index (χ0v) is 14.8. The van der Waals surface area contributed by atoms with Crippen LogP contribution in [-0.2, 0) is 16.6 Å². The van der Waals surface area contributed by atoms with Gasteiger partial charge in [-0.3, -0.25) is 0 Å². The van der Waals surface area contributed by atoms with Crippen molar-refractivity contribution in [2.45, 2.75) is 24.7 Å². The molecule has 4 nitrogen and oxygen atoms in total. The van der Waals surface area contributed by atoms with Crippen LogP contribution in [0.25, 0.3) is 0 Å². The molecule has 0 atom stereocenters. The van der Waals surface area contributed by atoms with Crippen LogP contribution in [0.2, 0.25) is 0 Å². The van der Waals surface area contributed by atoms with Crippen LogP contribution in [0.3, 0.4) is 0 Å². The molecule has 0 saturated carbocycles. The monoisotopic (exact) mass is 423 g/mol. The van der Waals surface area contributed by atoms with Crippen LogP contribution < -0.4 is 9.46 Å². The number of hydrogen-bond acceptors (Lipinski definition) is 3. The number of sulfonamides is 1. The number of alkyl halides is 3. The van der Waals surface area contributed by atoms with Crippen LogP contribution >= 0.6 is 15.9 Å². The van der Waals surface area contributed by atoms with Gasteiger partial charge in [0.2, 0.25) is 10.0 Å².